The van der Waals surface area contributed by atoms with Gasteiger partial charge in [0.15, 0.2) is 0 Å². The molecular formula is C36H52N4O8. The number of nitrogens with two attached hydrogens (primary N) is 1. The van der Waals surface area contributed by atoms with Gasteiger partial charge in [0.2, 0.25) is 17.7 Å². The number of benzene rings is 2. The van der Waals surface area contributed by atoms with Crippen LogP contribution < -0.4 is 16.4 Å². The fraction of sp³-hybridized carbons (Fsp3) is 0.528. The van der Waals surface area contributed by atoms with Crippen LogP contribution in [0, 0.1) is 0 Å². The van der Waals surface area contributed by atoms with Gasteiger partial charge in [-0.3, -0.25) is 14.4 Å². The number of nitrogens with zero attached hydrogens (tertiary/aromatic N) is 1. The lowest BCUT2D eigenvalue weighted by atomic mass is 9.99. The van der Waals surface area contributed by atoms with Gasteiger partial charge in [0.05, 0.1) is 6.42 Å². The molecule has 0 heterocycles. The highest BCUT2D eigenvalue weighted by Gasteiger charge is 2.39. The molecular weight excluding hydrogens is 616 g/mol. The summed E-state index contributed by atoms with van der Waals surface area (Å²) in [7, 11) is 0. The van der Waals surface area contributed by atoms with Gasteiger partial charge in [-0.15, -0.1) is 0 Å². The van der Waals surface area contributed by atoms with Crippen molar-refractivity contribution in [2.45, 2.75) is 116 Å². The third-order valence-corrected chi connectivity index (χ3v) is 6.97. The zero-order valence-electron chi connectivity index (χ0n) is 29.2. The highest BCUT2D eigenvalue weighted by molar-refractivity contribution is 5.95. The van der Waals surface area contributed by atoms with Crippen molar-refractivity contribution in [3.63, 3.8) is 0 Å². The molecule has 0 saturated carbocycles. The molecule has 12 nitrogen and oxygen atoms in total. The Bertz CT molecular complexity index is 1380. The Balaban J connectivity index is 2.64. The predicted octanol–water partition coefficient (Wildman–Crippen LogP) is 4.68. The highest BCUT2D eigenvalue weighted by Crippen LogP contribution is 2.27. The normalized spacial score (nSPS) is 13.4. The third-order valence-electron chi connectivity index (χ3n) is 6.97. The van der Waals surface area contributed by atoms with Crippen LogP contribution in [-0.4, -0.2) is 69.6 Å². The van der Waals surface area contributed by atoms with Crippen LogP contribution in [-0.2, 0) is 35.1 Å². The topological polar surface area (TPSA) is 177 Å². The lowest BCUT2D eigenvalue weighted by Gasteiger charge is -2.35. The summed E-state index contributed by atoms with van der Waals surface area (Å²) in [6, 6.07) is 11.0. The first-order valence-electron chi connectivity index (χ1n) is 16.3. The molecule has 2 rings (SSSR count). The maximum absolute atomic E-state index is 14.4. The molecule has 12 heteroatoms. The number of nitrogens with one attached hydrogen (secondary N) is 2. The summed E-state index contributed by atoms with van der Waals surface area (Å²) in [6.07, 6.45) is 1.57. The summed E-state index contributed by atoms with van der Waals surface area (Å²) >= 11 is 0. The molecule has 2 aromatic carbocycles. The summed E-state index contributed by atoms with van der Waals surface area (Å²) < 4.78 is 11.0. The van der Waals surface area contributed by atoms with Gasteiger partial charge in [-0.05, 0) is 71.2 Å². The van der Waals surface area contributed by atoms with E-state index in [1.54, 1.807) is 47.6 Å². The Morgan fingerprint density at radius 2 is 1.48 bits per heavy atom. The molecule has 0 spiro atoms. The zero-order valence-corrected chi connectivity index (χ0v) is 29.2. The first kappa shape index (κ1) is 39.6. The van der Waals surface area contributed by atoms with Gasteiger partial charge in [0.25, 0.3) is 0 Å². The van der Waals surface area contributed by atoms with Crippen LogP contribution in [0.5, 0.6) is 5.75 Å². The number of esters is 1. The van der Waals surface area contributed by atoms with Crippen LogP contribution in [0.4, 0.5) is 4.79 Å². The Hall–Kier alpha value is -4.61. The lowest BCUT2D eigenvalue weighted by molar-refractivity contribution is -0.159. The summed E-state index contributed by atoms with van der Waals surface area (Å²) in [5, 5.41) is 15.7. The molecule has 0 saturated heterocycles. The van der Waals surface area contributed by atoms with E-state index >= 15 is 0 Å². The third kappa shape index (κ3) is 14.0. The number of ether oxygens (including phenoxy) is 2. The maximum Gasteiger partial charge on any atom is 0.408 e. The van der Waals surface area contributed by atoms with Gasteiger partial charge in [0.1, 0.15) is 35.1 Å². The van der Waals surface area contributed by atoms with Crippen molar-refractivity contribution in [1.82, 2.24) is 15.5 Å². The molecule has 4 amide bonds. The fourth-order valence-corrected chi connectivity index (χ4v) is 4.96. The van der Waals surface area contributed by atoms with Gasteiger partial charge in [-0.25, -0.2) is 9.59 Å². The molecule has 0 aliphatic rings. The number of rotatable bonds is 16. The van der Waals surface area contributed by atoms with Crippen molar-refractivity contribution in [1.29, 1.82) is 0 Å². The number of carbonyl (C=O) groups is 5. The van der Waals surface area contributed by atoms with Crippen LogP contribution in [0.1, 0.15) is 97.7 Å². The number of primary amides is 1. The smallest absolute Gasteiger partial charge is 0.408 e. The summed E-state index contributed by atoms with van der Waals surface area (Å²) in [5.74, 6) is -3.19. The first-order valence-corrected chi connectivity index (χ1v) is 16.3. The van der Waals surface area contributed by atoms with E-state index in [2.05, 4.69) is 10.6 Å². The molecule has 0 bridgehead atoms. The van der Waals surface area contributed by atoms with E-state index in [0.717, 1.165) is 24.8 Å². The molecule has 0 aliphatic carbocycles. The molecule has 3 atom stereocenters. The molecule has 0 aromatic heterocycles. The zero-order chi connectivity index (χ0) is 36.1. The summed E-state index contributed by atoms with van der Waals surface area (Å²) in [5.41, 5.74) is 4.76. The number of aromatic hydroxyl groups is 1. The number of carbonyl (C=O) groups excluding carboxylic acids is 5. The van der Waals surface area contributed by atoms with E-state index in [0.29, 0.717) is 6.42 Å². The average molecular weight is 669 g/mol. The lowest BCUT2D eigenvalue weighted by Crippen LogP contribution is -2.55. The molecule has 0 fully saturated rings. The van der Waals surface area contributed by atoms with E-state index in [9.17, 15) is 29.1 Å². The standard InChI is InChI=1S/C36H52N4O8/c1-8-9-10-14-20-40(32(44)27(23-29(37)42)39-34(46)48-36(5,6)7)30(25-18-15-19-26(41)22-25)31(43)38-28(33(45)47-35(2,3)4)21-24-16-12-11-13-17-24/h11-13,15-19,22,27-28,30,41H,8-10,14,20-21,23H2,1-7H3,(H2,37,42)(H,38,43)(H,39,46). The molecule has 0 aliphatic heterocycles. The van der Waals surface area contributed by atoms with Crippen molar-refractivity contribution in [2.75, 3.05) is 6.54 Å². The summed E-state index contributed by atoms with van der Waals surface area (Å²) in [4.78, 5) is 68.4. The Labute approximate surface area is 283 Å². The monoisotopic (exact) mass is 668 g/mol. The number of hydrogen-bond donors (Lipinski definition) is 4. The van der Waals surface area contributed by atoms with E-state index in [4.69, 9.17) is 15.2 Å². The number of amides is 4. The van der Waals surface area contributed by atoms with Crippen LogP contribution in [0.15, 0.2) is 54.6 Å². The number of hydrogen-bond acceptors (Lipinski definition) is 8. The first-order chi connectivity index (χ1) is 22.4. The highest BCUT2D eigenvalue weighted by atomic mass is 16.6. The fourth-order valence-electron chi connectivity index (χ4n) is 4.96. The van der Waals surface area contributed by atoms with Crippen molar-refractivity contribution >= 4 is 29.8 Å². The van der Waals surface area contributed by atoms with Crippen LogP contribution in [0.2, 0.25) is 0 Å². The van der Waals surface area contributed by atoms with Crippen LogP contribution >= 0.6 is 0 Å². The average Bonchev–Trinajstić information content (AvgIpc) is 2.96. The SMILES string of the molecule is CCCCCCN(C(=O)C(CC(N)=O)NC(=O)OC(C)(C)C)C(C(=O)NC(Cc1ccccc1)C(=O)OC(C)(C)C)c1cccc(O)c1. The Morgan fingerprint density at radius 3 is 2.04 bits per heavy atom. The van der Waals surface area contributed by atoms with Gasteiger partial charge >= 0.3 is 12.1 Å². The number of phenols is 1. The van der Waals surface area contributed by atoms with Crippen molar-refractivity contribution < 1.29 is 38.6 Å². The quantitative estimate of drug-likeness (QED) is 0.147. The van der Waals surface area contributed by atoms with Crippen molar-refractivity contribution in [3.8, 4) is 5.75 Å². The van der Waals surface area contributed by atoms with Crippen molar-refractivity contribution in [2.24, 2.45) is 5.73 Å². The number of alkyl carbamates (subject to hydrolysis) is 1. The van der Waals surface area contributed by atoms with E-state index in [1.807, 2.05) is 37.3 Å². The largest absolute Gasteiger partial charge is 0.508 e. The van der Waals surface area contributed by atoms with Crippen LogP contribution in [0.3, 0.4) is 0 Å². The maximum atomic E-state index is 14.4. The second-order valence-corrected chi connectivity index (χ2v) is 13.7. The van der Waals surface area contributed by atoms with Crippen LogP contribution in [0.25, 0.3) is 0 Å². The second kappa shape index (κ2) is 18.1. The molecule has 48 heavy (non-hydrogen) atoms. The minimum Gasteiger partial charge on any atom is -0.508 e. The molecule has 3 unspecified atom stereocenters. The second-order valence-electron chi connectivity index (χ2n) is 13.7. The molecule has 5 N–H and O–H groups in total. The van der Waals surface area contributed by atoms with Gasteiger partial charge < -0.3 is 35.8 Å². The predicted molar refractivity (Wildman–Crippen MR) is 182 cm³/mol. The summed E-state index contributed by atoms with van der Waals surface area (Å²) in [6.45, 7) is 12.2. The number of unbranched alkanes of at least 4 members (excludes halogenated alkanes) is 3. The number of phenolic OH excluding ortho intramolecular Hbond substituents is 1. The van der Waals surface area contributed by atoms with E-state index < -0.39 is 65.5 Å². The Morgan fingerprint density at radius 1 is 0.833 bits per heavy atom. The molecule has 264 valence electrons. The van der Waals surface area contributed by atoms with Gasteiger partial charge in [-0.2, -0.15) is 0 Å². The van der Waals surface area contributed by atoms with Gasteiger partial charge in [-0.1, -0.05) is 68.7 Å². The van der Waals surface area contributed by atoms with E-state index in [-0.39, 0.29) is 24.3 Å². The Kier molecular flexibility index (Phi) is 14.9. The van der Waals surface area contributed by atoms with Gasteiger partial charge in [0, 0.05) is 13.0 Å². The molecule has 2 aromatic rings. The minimum absolute atomic E-state index is 0.0492. The molecule has 0 radical (unpaired) electrons. The minimum atomic E-state index is -1.47. The van der Waals surface area contributed by atoms with Crippen molar-refractivity contribution in [3.05, 3.63) is 65.7 Å². The van der Waals surface area contributed by atoms with E-state index in [1.165, 1.54) is 23.1 Å².